The van der Waals surface area contributed by atoms with E-state index in [1.165, 1.54) is 0 Å². The molecule has 0 radical (unpaired) electrons. The van der Waals surface area contributed by atoms with Crippen LogP contribution in [0, 0.1) is 4.91 Å². The van der Waals surface area contributed by atoms with Crippen molar-refractivity contribution in [3.63, 3.8) is 0 Å². The van der Waals surface area contributed by atoms with Gasteiger partial charge in [-0.3, -0.25) is 4.99 Å². The maximum Gasteiger partial charge on any atom is 0.118 e. The topological polar surface area (TPSA) is 41.8 Å². The van der Waals surface area contributed by atoms with Gasteiger partial charge in [-0.1, -0.05) is 5.18 Å². The van der Waals surface area contributed by atoms with Crippen LogP contribution in [0.3, 0.4) is 0 Å². The minimum Gasteiger partial charge on any atom is -0.296 e. The third-order valence-corrected chi connectivity index (χ3v) is 0.675. The van der Waals surface area contributed by atoms with Crippen LogP contribution in [0.15, 0.2) is 10.2 Å². The fraction of sp³-hybridized carbons (Fsp3) is 0.750. The molecule has 3 heteroatoms. The molecule has 0 unspecified atom stereocenters. The Bertz CT molecular complexity index is 87.7. The van der Waals surface area contributed by atoms with Gasteiger partial charge in [-0.05, 0) is 6.92 Å². The van der Waals surface area contributed by atoms with Crippen molar-refractivity contribution in [2.75, 3.05) is 13.6 Å². The summed E-state index contributed by atoms with van der Waals surface area (Å²) < 4.78 is 0. The van der Waals surface area contributed by atoms with Gasteiger partial charge in [0.05, 0.1) is 0 Å². The molecule has 7 heavy (non-hydrogen) atoms. The second-order valence-electron chi connectivity index (χ2n) is 1.25. The average Bonchev–Trinajstić information content (AvgIpc) is 1.68. The Morgan fingerprint density at radius 2 is 2.29 bits per heavy atom. The monoisotopic (exact) mass is 100 g/mol. The normalized spacial score (nSPS) is 11.4. The molecule has 0 aliphatic rings. The molecule has 0 saturated carbocycles. The molecule has 0 bridgehead atoms. The Labute approximate surface area is 42.4 Å². The fourth-order valence-corrected chi connectivity index (χ4v) is 0.164. The minimum absolute atomic E-state index is 0.219. The average molecular weight is 100 g/mol. The number of hydrogen-bond donors (Lipinski definition) is 0. The van der Waals surface area contributed by atoms with E-state index in [2.05, 4.69) is 10.2 Å². The van der Waals surface area contributed by atoms with Crippen LogP contribution in [0.1, 0.15) is 6.92 Å². The number of rotatable bonds is 2. The molecule has 0 rings (SSSR count). The van der Waals surface area contributed by atoms with Gasteiger partial charge in [-0.15, -0.1) is 0 Å². The summed E-state index contributed by atoms with van der Waals surface area (Å²) in [5.41, 5.74) is 0.773. The highest BCUT2D eigenvalue weighted by molar-refractivity contribution is 5.83. The van der Waals surface area contributed by atoms with E-state index in [0.717, 1.165) is 5.71 Å². The van der Waals surface area contributed by atoms with E-state index in [-0.39, 0.29) is 6.54 Å². The number of nitroso groups, excluding NO2 is 1. The third-order valence-electron chi connectivity index (χ3n) is 0.675. The molecule has 0 spiro atoms. The Morgan fingerprint density at radius 3 is 2.43 bits per heavy atom. The lowest BCUT2D eigenvalue weighted by atomic mass is 10.4. The first-order valence-corrected chi connectivity index (χ1v) is 2.02. The Hall–Kier alpha value is -0.730. The van der Waals surface area contributed by atoms with Gasteiger partial charge in [0.1, 0.15) is 6.54 Å². The van der Waals surface area contributed by atoms with Crippen LogP contribution in [0.5, 0.6) is 0 Å². The zero-order chi connectivity index (χ0) is 5.70. The molecule has 0 aromatic heterocycles. The first kappa shape index (κ1) is 6.27. The zero-order valence-electron chi connectivity index (χ0n) is 4.51. The summed E-state index contributed by atoms with van der Waals surface area (Å²) >= 11 is 0. The molecule has 0 aliphatic carbocycles. The molecule has 0 atom stereocenters. The minimum atomic E-state index is 0.219. The smallest absolute Gasteiger partial charge is 0.118 e. The summed E-state index contributed by atoms with van der Waals surface area (Å²) in [7, 11) is 1.64. The van der Waals surface area contributed by atoms with E-state index in [4.69, 9.17) is 0 Å². The maximum atomic E-state index is 9.44. The standard InChI is InChI=1S/C4H8N2O/c1-4(5-2)3-6-7/h3H2,1-2H3. The highest BCUT2D eigenvalue weighted by Gasteiger charge is 1.82. The lowest BCUT2D eigenvalue weighted by Crippen LogP contribution is -1.93. The molecule has 3 nitrogen and oxygen atoms in total. The van der Waals surface area contributed by atoms with E-state index >= 15 is 0 Å². The summed E-state index contributed by atoms with van der Waals surface area (Å²) in [6.45, 7) is 1.98. The van der Waals surface area contributed by atoms with Gasteiger partial charge in [-0.2, -0.15) is 4.91 Å². The van der Waals surface area contributed by atoms with Gasteiger partial charge in [0, 0.05) is 12.8 Å². The van der Waals surface area contributed by atoms with Crippen LogP contribution < -0.4 is 0 Å². The third kappa shape index (κ3) is 3.09. The lowest BCUT2D eigenvalue weighted by molar-refractivity contribution is 1.23. The molecule has 0 amide bonds. The van der Waals surface area contributed by atoms with E-state index in [1.54, 1.807) is 14.0 Å². The van der Waals surface area contributed by atoms with Crippen molar-refractivity contribution in [3.8, 4) is 0 Å². The quantitative estimate of drug-likeness (QED) is 0.374. The maximum absolute atomic E-state index is 9.44. The number of hydrogen-bond acceptors (Lipinski definition) is 3. The predicted octanol–water partition coefficient (Wildman–Crippen LogP) is 0.844. The second kappa shape index (κ2) is 3.46. The Balaban J connectivity index is 3.36. The largest absolute Gasteiger partial charge is 0.296 e. The second-order valence-corrected chi connectivity index (χ2v) is 1.25. The molecule has 0 fully saturated rings. The van der Waals surface area contributed by atoms with Crippen LogP contribution >= 0.6 is 0 Å². The number of aliphatic imine (C=N–C) groups is 1. The summed E-state index contributed by atoms with van der Waals surface area (Å²) in [5, 5.41) is 2.63. The fourth-order valence-electron chi connectivity index (χ4n) is 0.164. The van der Waals surface area contributed by atoms with Crippen LogP contribution in [0.2, 0.25) is 0 Å². The Kier molecular flexibility index (Phi) is 3.10. The highest BCUT2D eigenvalue weighted by atomic mass is 16.3. The van der Waals surface area contributed by atoms with E-state index in [9.17, 15) is 4.91 Å². The number of nitrogens with zero attached hydrogens (tertiary/aromatic N) is 2. The van der Waals surface area contributed by atoms with Gasteiger partial charge in [0.2, 0.25) is 0 Å². The van der Waals surface area contributed by atoms with Crippen LogP contribution in [-0.4, -0.2) is 19.3 Å². The van der Waals surface area contributed by atoms with Crippen LogP contribution in [0.4, 0.5) is 0 Å². The van der Waals surface area contributed by atoms with Crippen molar-refractivity contribution in [2.45, 2.75) is 6.92 Å². The molecule has 0 N–H and O–H groups in total. The molecule has 0 aromatic rings. The molecule has 0 saturated heterocycles. The van der Waals surface area contributed by atoms with Gasteiger partial charge in [0.25, 0.3) is 0 Å². The van der Waals surface area contributed by atoms with Crippen molar-refractivity contribution in [1.29, 1.82) is 0 Å². The highest BCUT2D eigenvalue weighted by Crippen LogP contribution is 1.73. The van der Waals surface area contributed by atoms with E-state index in [1.807, 2.05) is 0 Å². The molecular weight excluding hydrogens is 92.1 g/mol. The summed E-state index contributed by atoms with van der Waals surface area (Å²) in [6, 6.07) is 0. The lowest BCUT2D eigenvalue weighted by Gasteiger charge is -1.82. The van der Waals surface area contributed by atoms with Crippen molar-refractivity contribution in [2.24, 2.45) is 10.2 Å². The summed E-state index contributed by atoms with van der Waals surface area (Å²) in [5.74, 6) is 0. The molecule has 0 aliphatic heterocycles. The first-order valence-electron chi connectivity index (χ1n) is 2.02. The zero-order valence-corrected chi connectivity index (χ0v) is 4.51. The van der Waals surface area contributed by atoms with E-state index < -0.39 is 0 Å². The Morgan fingerprint density at radius 1 is 1.71 bits per heavy atom. The molecule has 40 valence electrons. The molecule has 0 aromatic carbocycles. The molecular formula is C4H8N2O. The van der Waals surface area contributed by atoms with Gasteiger partial charge in [-0.25, -0.2) is 0 Å². The van der Waals surface area contributed by atoms with E-state index in [0.29, 0.717) is 0 Å². The summed E-state index contributed by atoms with van der Waals surface area (Å²) in [6.07, 6.45) is 0. The van der Waals surface area contributed by atoms with Crippen LogP contribution in [-0.2, 0) is 0 Å². The predicted molar refractivity (Wildman–Crippen MR) is 29.7 cm³/mol. The summed E-state index contributed by atoms with van der Waals surface area (Å²) in [4.78, 5) is 13.1. The van der Waals surface area contributed by atoms with Crippen molar-refractivity contribution in [3.05, 3.63) is 4.91 Å². The SMILES string of the molecule is CN=C(C)CN=O. The van der Waals surface area contributed by atoms with Gasteiger partial charge < -0.3 is 0 Å². The van der Waals surface area contributed by atoms with Crippen molar-refractivity contribution < 1.29 is 0 Å². The van der Waals surface area contributed by atoms with Gasteiger partial charge >= 0.3 is 0 Å². The van der Waals surface area contributed by atoms with Crippen molar-refractivity contribution >= 4 is 5.71 Å². The molecule has 0 heterocycles. The van der Waals surface area contributed by atoms with Crippen LogP contribution in [0.25, 0.3) is 0 Å². The van der Waals surface area contributed by atoms with Gasteiger partial charge in [0.15, 0.2) is 0 Å². The van der Waals surface area contributed by atoms with Crippen molar-refractivity contribution in [1.82, 2.24) is 0 Å². The first-order chi connectivity index (χ1) is 3.31.